The number of aliphatic hydroxyl groups is 2. The minimum atomic E-state index is -0.521. The Labute approximate surface area is 120 Å². The summed E-state index contributed by atoms with van der Waals surface area (Å²) in [7, 11) is 0. The molecule has 0 aromatic heterocycles. The summed E-state index contributed by atoms with van der Waals surface area (Å²) in [6.45, 7) is 6.51. The van der Waals surface area contributed by atoms with E-state index in [2.05, 4.69) is 20.8 Å². The summed E-state index contributed by atoms with van der Waals surface area (Å²) < 4.78 is 0. The first kappa shape index (κ1) is 18.9. The third-order valence-electron chi connectivity index (χ3n) is 4.18. The molecule has 0 saturated heterocycles. The van der Waals surface area contributed by atoms with Crippen LogP contribution in [0.25, 0.3) is 0 Å². The largest absolute Gasteiger partial charge is 0.390 e. The van der Waals surface area contributed by atoms with Gasteiger partial charge in [-0.1, -0.05) is 78.6 Å². The monoisotopic (exact) mass is 272 g/mol. The molecule has 0 saturated carbocycles. The van der Waals surface area contributed by atoms with Gasteiger partial charge in [0, 0.05) is 0 Å². The number of rotatable bonds is 13. The Morgan fingerprint density at radius 1 is 0.684 bits per heavy atom. The van der Waals surface area contributed by atoms with Crippen molar-refractivity contribution in [1.82, 2.24) is 0 Å². The zero-order chi connectivity index (χ0) is 14.5. The van der Waals surface area contributed by atoms with E-state index in [-0.39, 0.29) is 5.92 Å². The molecule has 0 bridgehead atoms. The van der Waals surface area contributed by atoms with Crippen LogP contribution in [-0.4, -0.2) is 22.4 Å². The second kappa shape index (κ2) is 12.9. The number of hydrogen-bond acceptors (Lipinski definition) is 2. The fourth-order valence-corrected chi connectivity index (χ4v) is 2.70. The fraction of sp³-hybridized carbons (Fsp3) is 1.00. The average Bonchev–Trinajstić information content (AvgIpc) is 2.43. The maximum Gasteiger partial charge on any atom is 0.0827 e. The zero-order valence-electron chi connectivity index (χ0n) is 13.4. The molecule has 116 valence electrons. The van der Waals surface area contributed by atoms with Crippen molar-refractivity contribution in [2.45, 2.75) is 104 Å². The molecule has 0 aromatic carbocycles. The van der Waals surface area contributed by atoms with Crippen LogP contribution in [0, 0.1) is 5.92 Å². The summed E-state index contributed by atoms with van der Waals surface area (Å²) in [5.41, 5.74) is 0. The lowest BCUT2D eigenvalue weighted by Crippen LogP contribution is -2.33. The normalized spacial score (nSPS) is 16.3. The molecule has 3 atom stereocenters. The molecule has 0 aliphatic rings. The molecule has 0 heterocycles. The molecule has 0 spiro atoms. The number of aliphatic hydroxyl groups excluding tert-OH is 2. The SMILES string of the molecule is CCCCCCCCC(O)C(O)C(CC)CCCC. The lowest BCUT2D eigenvalue weighted by molar-refractivity contribution is -0.0259. The first-order chi connectivity index (χ1) is 9.17. The maximum absolute atomic E-state index is 10.2. The predicted molar refractivity (Wildman–Crippen MR) is 83.3 cm³/mol. The van der Waals surface area contributed by atoms with Gasteiger partial charge in [-0.3, -0.25) is 0 Å². The summed E-state index contributed by atoms with van der Waals surface area (Å²) in [6.07, 6.45) is 11.5. The highest BCUT2D eigenvalue weighted by Crippen LogP contribution is 2.22. The summed E-state index contributed by atoms with van der Waals surface area (Å²) in [5.74, 6) is 0.273. The molecule has 2 N–H and O–H groups in total. The third-order valence-corrected chi connectivity index (χ3v) is 4.18. The molecule has 0 amide bonds. The Kier molecular flexibility index (Phi) is 12.9. The van der Waals surface area contributed by atoms with Crippen molar-refractivity contribution in [2.24, 2.45) is 5.92 Å². The van der Waals surface area contributed by atoms with Crippen molar-refractivity contribution in [2.75, 3.05) is 0 Å². The minimum absolute atomic E-state index is 0.273. The summed E-state index contributed by atoms with van der Waals surface area (Å²) in [5, 5.41) is 20.3. The topological polar surface area (TPSA) is 40.5 Å². The molecule has 2 nitrogen and oxygen atoms in total. The van der Waals surface area contributed by atoms with Crippen LogP contribution in [0.4, 0.5) is 0 Å². The number of hydrogen-bond donors (Lipinski definition) is 2. The number of unbranched alkanes of at least 4 members (excludes halogenated alkanes) is 6. The molecule has 2 heteroatoms. The summed E-state index contributed by atoms with van der Waals surface area (Å²) in [4.78, 5) is 0. The molecule has 0 aliphatic carbocycles. The molecular weight excluding hydrogens is 236 g/mol. The third kappa shape index (κ3) is 9.45. The van der Waals surface area contributed by atoms with Crippen LogP contribution in [0.3, 0.4) is 0 Å². The average molecular weight is 272 g/mol. The molecular formula is C17H36O2. The van der Waals surface area contributed by atoms with Crippen LogP contribution in [0.5, 0.6) is 0 Å². The van der Waals surface area contributed by atoms with E-state index in [1.165, 1.54) is 32.1 Å². The summed E-state index contributed by atoms with van der Waals surface area (Å²) >= 11 is 0. The van der Waals surface area contributed by atoms with E-state index >= 15 is 0 Å². The molecule has 0 aromatic rings. The van der Waals surface area contributed by atoms with Gasteiger partial charge in [-0.15, -0.1) is 0 Å². The molecule has 0 rings (SSSR count). The van der Waals surface area contributed by atoms with Gasteiger partial charge in [0.05, 0.1) is 12.2 Å². The van der Waals surface area contributed by atoms with Crippen molar-refractivity contribution in [3.63, 3.8) is 0 Å². The van der Waals surface area contributed by atoms with E-state index in [1.54, 1.807) is 0 Å². The lowest BCUT2D eigenvalue weighted by Gasteiger charge is -2.26. The van der Waals surface area contributed by atoms with Crippen LogP contribution in [0.2, 0.25) is 0 Å². The van der Waals surface area contributed by atoms with Crippen LogP contribution in [0.15, 0.2) is 0 Å². The second-order valence-electron chi connectivity index (χ2n) is 5.92. The Morgan fingerprint density at radius 2 is 1.26 bits per heavy atom. The van der Waals surface area contributed by atoms with E-state index < -0.39 is 12.2 Å². The maximum atomic E-state index is 10.2. The van der Waals surface area contributed by atoms with E-state index in [4.69, 9.17) is 0 Å². The standard InChI is InChI=1S/C17H36O2/c1-4-7-9-10-11-12-14-16(18)17(19)15(6-3)13-8-5-2/h15-19H,4-14H2,1-3H3. The highest BCUT2D eigenvalue weighted by atomic mass is 16.3. The second-order valence-corrected chi connectivity index (χ2v) is 5.92. The van der Waals surface area contributed by atoms with Gasteiger partial charge in [0.1, 0.15) is 0 Å². The predicted octanol–water partition coefficient (Wildman–Crippen LogP) is 4.68. The van der Waals surface area contributed by atoms with E-state index in [0.717, 1.165) is 38.5 Å². The van der Waals surface area contributed by atoms with Gasteiger partial charge in [-0.25, -0.2) is 0 Å². The van der Waals surface area contributed by atoms with Gasteiger partial charge < -0.3 is 10.2 Å². The van der Waals surface area contributed by atoms with Crippen LogP contribution >= 0.6 is 0 Å². The van der Waals surface area contributed by atoms with Crippen LogP contribution < -0.4 is 0 Å². The van der Waals surface area contributed by atoms with Crippen molar-refractivity contribution >= 4 is 0 Å². The Morgan fingerprint density at radius 3 is 1.84 bits per heavy atom. The van der Waals surface area contributed by atoms with Gasteiger partial charge in [0.15, 0.2) is 0 Å². The van der Waals surface area contributed by atoms with Gasteiger partial charge in [0.25, 0.3) is 0 Å². The van der Waals surface area contributed by atoms with E-state index in [9.17, 15) is 10.2 Å². The zero-order valence-corrected chi connectivity index (χ0v) is 13.4. The highest BCUT2D eigenvalue weighted by molar-refractivity contribution is 4.75. The van der Waals surface area contributed by atoms with Gasteiger partial charge in [0.2, 0.25) is 0 Å². The molecule has 3 unspecified atom stereocenters. The quantitative estimate of drug-likeness (QED) is 0.478. The molecule has 0 radical (unpaired) electrons. The first-order valence-electron chi connectivity index (χ1n) is 8.53. The van der Waals surface area contributed by atoms with E-state index in [1.807, 2.05) is 0 Å². The van der Waals surface area contributed by atoms with Crippen molar-refractivity contribution in [3.8, 4) is 0 Å². The van der Waals surface area contributed by atoms with Crippen LogP contribution in [-0.2, 0) is 0 Å². The Balaban J connectivity index is 3.74. The molecule has 19 heavy (non-hydrogen) atoms. The fourth-order valence-electron chi connectivity index (χ4n) is 2.70. The van der Waals surface area contributed by atoms with Gasteiger partial charge in [-0.05, 0) is 18.8 Å². The van der Waals surface area contributed by atoms with Crippen molar-refractivity contribution in [3.05, 3.63) is 0 Å². The Bertz CT molecular complexity index is 182. The highest BCUT2D eigenvalue weighted by Gasteiger charge is 2.23. The van der Waals surface area contributed by atoms with Crippen molar-refractivity contribution < 1.29 is 10.2 Å². The smallest absolute Gasteiger partial charge is 0.0827 e. The first-order valence-corrected chi connectivity index (χ1v) is 8.53. The van der Waals surface area contributed by atoms with Gasteiger partial charge in [-0.2, -0.15) is 0 Å². The van der Waals surface area contributed by atoms with E-state index in [0.29, 0.717) is 0 Å². The Hall–Kier alpha value is -0.0800. The van der Waals surface area contributed by atoms with Gasteiger partial charge >= 0.3 is 0 Å². The molecule has 0 aliphatic heterocycles. The summed E-state index contributed by atoms with van der Waals surface area (Å²) in [6, 6.07) is 0. The minimum Gasteiger partial charge on any atom is -0.390 e. The molecule has 0 fully saturated rings. The van der Waals surface area contributed by atoms with Crippen molar-refractivity contribution in [1.29, 1.82) is 0 Å². The lowest BCUT2D eigenvalue weighted by atomic mass is 9.88. The van der Waals surface area contributed by atoms with Crippen LogP contribution in [0.1, 0.15) is 91.4 Å².